The van der Waals surface area contributed by atoms with Gasteiger partial charge in [0.05, 0.1) is 29.8 Å². The lowest BCUT2D eigenvalue weighted by molar-refractivity contribution is 0.0240. The van der Waals surface area contributed by atoms with E-state index >= 15 is 0 Å². The minimum Gasteiger partial charge on any atom is -0.444 e. The molecule has 5 rings (SSSR count). The number of carbonyl (C=O) groups excluding carboxylic acids is 1. The zero-order valence-electron chi connectivity index (χ0n) is 23.3. The Balaban J connectivity index is 1.28. The first-order valence-corrected chi connectivity index (χ1v) is 13.0. The van der Waals surface area contributed by atoms with E-state index in [4.69, 9.17) is 4.74 Å². The van der Waals surface area contributed by atoms with Crippen molar-refractivity contribution in [3.05, 3.63) is 54.9 Å². The summed E-state index contributed by atoms with van der Waals surface area (Å²) in [5.74, 6) is 0.752. The molecule has 1 aliphatic rings. The molecule has 1 saturated heterocycles. The SMILES string of the molecule is C=C(C)c1c2cc(-c3nc(Nc4cnc(N5CCN(C(=O)OC(C)(C)C)CC5)cn4)ncc3F)ccc2nn1C. The summed E-state index contributed by atoms with van der Waals surface area (Å²) in [6.07, 6.45) is 4.03. The van der Waals surface area contributed by atoms with E-state index < -0.39 is 11.4 Å². The molecule has 0 atom stereocenters. The highest BCUT2D eigenvalue weighted by Gasteiger charge is 2.26. The number of nitrogens with zero attached hydrogens (tertiary/aromatic N) is 8. The van der Waals surface area contributed by atoms with Gasteiger partial charge < -0.3 is 19.9 Å². The summed E-state index contributed by atoms with van der Waals surface area (Å²) in [4.78, 5) is 33.5. The number of anilines is 3. The highest BCUT2D eigenvalue weighted by atomic mass is 19.1. The fraction of sp³-hybridized carbons (Fsp3) is 0.357. The van der Waals surface area contributed by atoms with Crippen molar-refractivity contribution in [2.75, 3.05) is 36.4 Å². The van der Waals surface area contributed by atoms with Gasteiger partial charge in [-0.25, -0.2) is 29.1 Å². The van der Waals surface area contributed by atoms with Crippen molar-refractivity contribution in [1.29, 1.82) is 0 Å². The summed E-state index contributed by atoms with van der Waals surface area (Å²) in [5.41, 5.74) is 2.75. The molecule has 0 radical (unpaired) electrons. The molecule has 11 nitrogen and oxygen atoms in total. The predicted octanol–water partition coefficient (Wildman–Crippen LogP) is 4.79. The number of carbonyl (C=O) groups is 1. The smallest absolute Gasteiger partial charge is 0.410 e. The Labute approximate surface area is 231 Å². The number of aryl methyl sites for hydroxylation is 1. The summed E-state index contributed by atoms with van der Waals surface area (Å²) in [6, 6.07) is 5.48. The highest BCUT2D eigenvalue weighted by Crippen LogP contribution is 2.30. The van der Waals surface area contributed by atoms with Crippen LogP contribution in [0, 0.1) is 5.82 Å². The lowest BCUT2D eigenvalue weighted by Crippen LogP contribution is -2.50. The van der Waals surface area contributed by atoms with E-state index in [0.717, 1.165) is 28.4 Å². The van der Waals surface area contributed by atoms with Crippen molar-refractivity contribution in [1.82, 2.24) is 34.6 Å². The van der Waals surface area contributed by atoms with E-state index in [-0.39, 0.29) is 17.7 Å². The Morgan fingerprint density at radius 3 is 2.48 bits per heavy atom. The fourth-order valence-corrected chi connectivity index (χ4v) is 4.59. The average Bonchev–Trinajstić information content (AvgIpc) is 3.24. The van der Waals surface area contributed by atoms with Crippen molar-refractivity contribution >= 4 is 40.2 Å². The maximum atomic E-state index is 14.8. The predicted molar refractivity (Wildman–Crippen MR) is 152 cm³/mol. The zero-order valence-corrected chi connectivity index (χ0v) is 23.3. The van der Waals surface area contributed by atoms with E-state index in [9.17, 15) is 9.18 Å². The largest absolute Gasteiger partial charge is 0.444 e. The second-order valence-electron chi connectivity index (χ2n) is 10.7. The fourth-order valence-electron chi connectivity index (χ4n) is 4.59. The number of fused-ring (bicyclic) bond motifs is 1. The minimum atomic E-state index is -0.544. The molecule has 0 bridgehead atoms. The van der Waals surface area contributed by atoms with Crippen LogP contribution in [-0.4, -0.2) is 72.5 Å². The summed E-state index contributed by atoms with van der Waals surface area (Å²) >= 11 is 0. The van der Waals surface area contributed by atoms with Crippen molar-refractivity contribution in [3.8, 4) is 11.3 Å². The first kappa shape index (κ1) is 27.0. The number of hydrogen-bond donors (Lipinski definition) is 1. The molecule has 1 N–H and O–H groups in total. The Hall–Kier alpha value is -4.61. The monoisotopic (exact) mass is 545 g/mol. The van der Waals surface area contributed by atoms with Gasteiger partial charge >= 0.3 is 6.09 Å². The molecule has 4 aromatic rings. The zero-order chi connectivity index (χ0) is 28.6. The minimum absolute atomic E-state index is 0.156. The van der Waals surface area contributed by atoms with Gasteiger partial charge in [-0.2, -0.15) is 5.10 Å². The molecule has 4 heterocycles. The van der Waals surface area contributed by atoms with Gasteiger partial charge in [-0.1, -0.05) is 12.6 Å². The van der Waals surface area contributed by atoms with E-state index in [1.165, 1.54) is 0 Å². The molecular formula is C28H32FN9O2. The maximum Gasteiger partial charge on any atom is 0.410 e. The van der Waals surface area contributed by atoms with Gasteiger partial charge in [-0.05, 0) is 45.4 Å². The van der Waals surface area contributed by atoms with Crippen molar-refractivity contribution in [3.63, 3.8) is 0 Å². The Morgan fingerprint density at radius 1 is 1.07 bits per heavy atom. The number of benzene rings is 1. The van der Waals surface area contributed by atoms with Gasteiger partial charge in [0.25, 0.3) is 0 Å². The highest BCUT2D eigenvalue weighted by molar-refractivity contribution is 5.92. The normalized spacial score (nSPS) is 13.9. The van der Waals surface area contributed by atoms with Crippen LogP contribution in [0.15, 0.2) is 43.4 Å². The molecule has 1 amide bonds. The van der Waals surface area contributed by atoms with Crippen molar-refractivity contribution in [2.45, 2.75) is 33.3 Å². The third-order valence-electron chi connectivity index (χ3n) is 6.39. The lowest BCUT2D eigenvalue weighted by atomic mass is 10.1. The van der Waals surface area contributed by atoms with Gasteiger partial charge in [0.15, 0.2) is 11.6 Å². The molecule has 1 fully saturated rings. The number of halogens is 1. The average molecular weight is 546 g/mol. The molecule has 1 aliphatic heterocycles. The second-order valence-corrected chi connectivity index (χ2v) is 10.7. The summed E-state index contributed by atoms with van der Waals surface area (Å²) in [5, 5.41) is 8.38. The standard InChI is InChI=1S/C28H32FN9O2/c1-17(2)25-19-13-18(7-8-21(19)35-36(25)6)24-20(29)14-32-26(34-24)33-22-15-31-23(16-30-22)37-9-11-38(12-10-37)27(39)40-28(3,4)5/h7-8,13-16H,1,9-12H2,2-6H3,(H,30,32,33,34). The molecule has 1 aromatic carbocycles. The number of ether oxygens (including phenoxy) is 1. The van der Waals surface area contributed by atoms with Crippen LogP contribution in [-0.2, 0) is 11.8 Å². The molecule has 208 valence electrons. The van der Waals surface area contributed by atoms with E-state index in [0.29, 0.717) is 43.4 Å². The number of rotatable bonds is 5. The number of amides is 1. The third-order valence-corrected chi connectivity index (χ3v) is 6.39. The number of aromatic nitrogens is 6. The molecule has 40 heavy (non-hydrogen) atoms. The van der Waals surface area contributed by atoms with Crippen LogP contribution in [0.2, 0.25) is 0 Å². The quantitative estimate of drug-likeness (QED) is 0.378. The van der Waals surface area contributed by atoms with Crippen LogP contribution in [0.5, 0.6) is 0 Å². The molecule has 0 aliphatic carbocycles. The summed E-state index contributed by atoms with van der Waals surface area (Å²) < 4.78 is 22.0. The van der Waals surface area contributed by atoms with E-state index in [1.54, 1.807) is 28.0 Å². The van der Waals surface area contributed by atoms with Crippen molar-refractivity contribution in [2.24, 2.45) is 7.05 Å². The van der Waals surface area contributed by atoms with Crippen LogP contribution in [0.4, 0.5) is 26.8 Å². The van der Waals surface area contributed by atoms with Crippen LogP contribution in [0.1, 0.15) is 33.4 Å². The third kappa shape index (κ3) is 5.70. The molecule has 0 spiro atoms. The second kappa shape index (κ2) is 10.5. The van der Waals surface area contributed by atoms with Crippen LogP contribution >= 0.6 is 0 Å². The Bertz CT molecular complexity index is 1570. The molecular weight excluding hydrogens is 513 g/mol. The Kier molecular flexibility index (Phi) is 7.09. The number of hydrogen-bond acceptors (Lipinski definition) is 9. The van der Waals surface area contributed by atoms with Gasteiger partial charge in [0.1, 0.15) is 17.1 Å². The first-order valence-electron chi connectivity index (χ1n) is 13.0. The molecule has 0 unspecified atom stereocenters. The van der Waals surface area contributed by atoms with E-state index in [1.807, 2.05) is 46.9 Å². The van der Waals surface area contributed by atoms with Crippen molar-refractivity contribution < 1.29 is 13.9 Å². The van der Waals surface area contributed by atoms with E-state index in [2.05, 4.69) is 41.8 Å². The van der Waals surface area contributed by atoms with Crippen LogP contribution in [0.25, 0.3) is 27.7 Å². The van der Waals surface area contributed by atoms with Gasteiger partial charge in [0, 0.05) is 44.2 Å². The van der Waals surface area contributed by atoms with Gasteiger partial charge in [0.2, 0.25) is 5.95 Å². The molecule has 12 heteroatoms. The number of allylic oxidation sites excluding steroid dienone is 1. The van der Waals surface area contributed by atoms with Crippen LogP contribution < -0.4 is 10.2 Å². The maximum absolute atomic E-state index is 14.8. The Morgan fingerprint density at radius 2 is 1.82 bits per heavy atom. The van der Waals surface area contributed by atoms with Crippen LogP contribution in [0.3, 0.4) is 0 Å². The van der Waals surface area contributed by atoms with Gasteiger partial charge in [-0.3, -0.25) is 4.68 Å². The summed E-state index contributed by atoms with van der Waals surface area (Å²) in [6.45, 7) is 13.8. The molecule has 0 saturated carbocycles. The first-order chi connectivity index (χ1) is 19.0. The number of nitrogens with one attached hydrogen (secondary N) is 1. The lowest BCUT2D eigenvalue weighted by Gasteiger charge is -2.36. The summed E-state index contributed by atoms with van der Waals surface area (Å²) in [7, 11) is 1.85. The topological polar surface area (TPSA) is 114 Å². The molecule has 3 aromatic heterocycles. The van der Waals surface area contributed by atoms with Gasteiger partial charge in [-0.15, -0.1) is 0 Å². The number of piperazine rings is 1.